The zero-order chi connectivity index (χ0) is 7.40. The van der Waals surface area contributed by atoms with Crippen LogP contribution in [-0.2, 0) is 4.79 Å². The van der Waals surface area contributed by atoms with E-state index in [4.69, 9.17) is 5.11 Å². The molecule has 56 valence electrons. The molecule has 0 atom stereocenters. The molecule has 0 aliphatic carbocycles. The second-order valence-corrected chi connectivity index (χ2v) is 3.17. The summed E-state index contributed by atoms with van der Waals surface area (Å²) in [6.45, 7) is 0.0856. The summed E-state index contributed by atoms with van der Waals surface area (Å²) >= 11 is 1.63. The van der Waals surface area contributed by atoms with E-state index in [1.165, 1.54) is 0 Å². The molecule has 0 saturated heterocycles. The molecule has 3 heteroatoms. The summed E-state index contributed by atoms with van der Waals surface area (Å²) in [5.41, 5.74) is 0.807. The molecule has 0 aromatic heterocycles. The minimum absolute atomic E-state index is 0.0856. The zero-order valence-corrected chi connectivity index (χ0v) is 6.49. The van der Waals surface area contributed by atoms with Crippen molar-refractivity contribution in [1.82, 2.24) is 0 Å². The third-order valence-corrected chi connectivity index (χ3v) is 2.29. The van der Waals surface area contributed by atoms with Gasteiger partial charge in [0.2, 0.25) is 0 Å². The predicted octanol–water partition coefficient (Wildman–Crippen LogP) is 0.611. The lowest BCUT2D eigenvalue weighted by molar-refractivity contribution is -0.113. The first-order chi connectivity index (χ1) is 4.84. The number of carbonyl (C=O) groups is 1. The quantitative estimate of drug-likeness (QED) is 0.640. The fraction of sp³-hybridized carbons (Fsp3) is 0.571. The van der Waals surface area contributed by atoms with Crippen LogP contribution in [0.5, 0.6) is 0 Å². The fourth-order valence-corrected chi connectivity index (χ4v) is 1.69. The van der Waals surface area contributed by atoms with E-state index in [0.717, 1.165) is 11.3 Å². The van der Waals surface area contributed by atoms with Crippen LogP contribution in [0.1, 0.15) is 6.42 Å². The number of carbonyl (C=O) groups excluding carboxylic acids is 1. The summed E-state index contributed by atoms with van der Waals surface area (Å²) in [5.74, 6) is 1.69. The largest absolute Gasteiger partial charge is 0.396 e. The highest BCUT2D eigenvalue weighted by Crippen LogP contribution is 2.15. The Morgan fingerprint density at radius 2 is 2.50 bits per heavy atom. The minimum Gasteiger partial charge on any atom is -0.396 e. The molecule has 0 spiro atoms. The lowest BCUT2D eigenvalue weighted by Crippen LogP contribution is -2.11. The molecule has 10 heavy (non-hydrogen) atoms. The van der Waals surface area contributed by atoms with Crippen molar-refractivity contribution < 1.29 is 9.90 Å². The van der Waals surface area contributed by atoms with Crippen LogP contribution in [0.3, 0.4) is 0 Å². The van der Waals surface area contributed by atoms with E-state index in [0.29, 0.717) is 12.2 Å². The average Bonchev–Trinajstić information content (AvgIpc) is 1.94. The first kappa shape index (κ1) is 7.82. The second-order valence-electron chi connectivity index (χ2n) is 2.14. The Bertz CT molecular complexity index is 163. The molecule has 1 heterocycles. The van der Waals surface area contributed by atoms with Gasteiger partial charge in [-0.3, -0.25) is 4.79 Å². The zero-order valence-electron chi connectivity index (χ0n) is 5.67. The molecule has 0 fully saturated rings. The third-order valence-electron chi connectivity index (χ3n) is 1.42. The highest BCUT2D eigenvalue weighted by molar-refractivity contribution is 8.00. The van der Waals surface area contributed by atoms with Gasteiger partial charge in [0.15, 0.2) is 5.78 Å². The third kappa shape index (κ3) is 1.85. The molecule has 2 nitrogen and oxygen atoms in total. The van der Waals surface area contributed by atoms with Crippen LogP contribution in [0.4, 0.5) is 0 Å². The van der Waals surface area contributed by atoms with Gasteiger partial charge >= 0.3 is 0 Å². The minimum atomic E-state index is 0.0856. The van der Waals surface area contributed by atoms with E-state index in [2.05, 4.69) is 0 Å². The first-order valence-corrected chi connectivity index (χ1v) is 4.41. The van der Waals surface area contributed by atoms with E-state index in [1.54, 1.807) is 11.8 Å². The van der Waals surface area contributed by atoms with Crippen LogP contribution in [0.25, 0.3) is 0 Å². The molecule has 0 bridgehead atoms. The van der Waals surface area contributed by atoms with Crippen molar-refractivity contribution in [2.75, 3.05) is 18.1 Å². The van der Waals surface area contributed by atoms with Gasteiger partial charge < -0.3 is 5.11 Å². The maximum atomic E-state index is 11.0. The second kappa shape index (κ2) is 3.78. The van der Waals surface area contributed by atoms with Gasteiger partial charge in [0.1, 0.15) is 0 Å². The van der Waals surface area contributed by atoms with Crippen LogP contribution >= 0.6 is 11.8 Å². The number of aliphatic hydroxyl groups excluding tert-OH is 1. The number of hydrogen-bond acceptors (Lipinski definition) is 3. The summed E-state index contributed by atoms with van der Waals surface area (Å²) in [6.07, 6.45) is 2.44. The number of rotatable bonds is 2. The highest BCUT2D eigenvalue weighted by Gasteiger charge is 2.12. The van der Waals surface area contributed by atoms with Crippen molar-refractivity contribution in [3.8, 4) is 0 Å². The molecule has 1 N–H and O–H groups in total. The number of aliphatic hydroxyl groups is 1. The van der Waals surface area contributed by atoms with Crippen molar-refractivity contribution in [1.29, 1.82) is 0 Å². The predicted molar refractivity (Wildman–Crippen MR) is 42.1 cm³/mol. The Hall–Kier alpha value is -0.280. The summed E-state index contributed by atoms with van der Waals surface area (Å²) in [5, 5.41) is 8.54. The van der Waals surface area contributed by atoms with E-state index in [9.17, 15) is 4.79 Å². The summed E-state index contributed by atoms with van der Waals surface area (Å²) < 4.78 is 0. The number of hydrogen-bond donors (Lipinski definition) is 1. The molecule has 0 aromatic rings. The highest BCUT2D eigenvalue weighted by atomic mass is 32.2. The van der Waals surface area contributed by atoms with Gasteiger partial charge in [-0.05, 0) is 12.0 Å². The van der Waals surface area contributed by atoms with Crippen LogP contribution in [0, 0.1) is 0 Å². The number of Topliss-reactive ketones (excluding diaryl/α,β-unsaturated/α-hetero) is 1. The van der Waals surface area contributed by atoms with Crippen LogP contribution < -0.4 is 0 Å². The van der Waals surface area contributed by atoms with E-state index < -0.39 is 0 Å². The Balaban J connectivity index is 2.53. The molecule has 0 amide bonds. The molecular weight excluding hydrogens is 148 g/mol. The topological polar surface area (TPSA) is 37.3 Å². The maximum Gasteiger partial charge on any atom is 0.168 e. The van der Waals surface area contributed by atoms with Gasteiger partial charge in [0, 0.05) is 12.4 Å². The van der Waals surface area contributed by atoms with Crippen molar-refractivity contribution in [2.45, 2.75) is 6.42 Å². The Morgan fingerprint density at radius 3 is 3.10 bits per heavy atom. The molecule has 0 unspecified atom stereocenters. The monoisotopic (exact) mass is 158 g/mol. The van der Waals surface area contributed by atoms with Gasteiger partial charge in [0.25, 0.3) is 0 Å². The SMILES string of the molecule is O=C1CSCC=C1CCO. The smallest absolute Gasteiger partial charge is 0.168 e. The van der Waals surface area contributed by atoms with Crippen molar-refractivity contribution in [3.05, 3.63) is 11.6 Å². The van der Waals surface area contributed by atoms with Gasteiger partial charge in [-0.1, -0.05) is 6.08 Å². The molecular formula is C7H10O2S. The standard InChI is InChI=1S/C7H10O2S/c8-3-1-6-2-4-10-5-7(6)9/h2,8H,1,3-5H2. The average molecular weight is 158 g/mol. The van der Waals surface area contributed by atoms with Crippen LogP contribution in [-0.4, -0.2) is 29.0 Å². The Labute approximate surface area is 64.3 Å². The van der Waals surface area contributed by atoms with Gasteiger partial charge in [-0.25, -0.2) is 0 Å². The van der Waals surface area contributed by atoms with E-state index >= 15 is 0 Å². The Kier molecular flexibility index (Phi) is 2.96. The molecule has 1 aliphatic rings. The first-order valence-electron chi connectivity index (χ1n) is 3.25. The lowest BCUT2D eigenvalue weighted by atomic mass is 10.1. The van der Waals surface area contributed by atoms with Crippen molar-refractivity contribution >= 4 is 17.5 Å². The summed E-state index contributed by atoms with van der Waals surface area (Å²) in [6, 6.07) is 0. The molecule has 0 radical (unpaired) electrons. The van der Waals surface area contributed by atoms with E-state index in [1.807, 2.05) is 6.08 Å². The van der Waals surface area contributed by atoms with Crippen LogP contribution in [0.15, 0.2) is 11.6 Å². The normalized spacial score (nSPS) is 18.9. The summed E-state index contributed by atoms with van der Waals surface area (Å²) in [4.78, 5) is 11.0. The molecule has 0 aromatic carbocycles. The number of ketones is 1. The van der Waals surface area contributed by atoms with Crippen LogP contribution in [0.2, 0.25) is 0 Å². The molecule has 1 aliphatic heterocycles. The van der Waals surface area contributed by atoms with Crippen molar-refractivity contribution in [3.63, 3.8) is 0 Å². The maximum absolute atomic E-state index is 11.0. The van der Waals surface area contributed by atoms with Crippen molar-refractivity contribution in [2.24, 2.45) is 0 Å². The lowest BCUT2D eigenvalue weighted by Gasteiger charge is -2.08. The Morgan fingerprint density at radius 1 is 1.70 bits per heavy atom. The van der Waals surface area contributed by atoms with Gasteiger partial charge in [0.05, 0.1) is 5.75 Å². The van der Waals surface area contributed by atoms with E-state index in [-0.39, 0.29) is 12.4 Å². The number of thioether (sulfide) groups is 1. The molecule has 0 saturated carbocycles. The van der Waals surface area contributed by atoms with Gasteiger partial charge in [-0.15, -0.1) is 11.8 Å². The molecule has 1 rings (SSSR count). The van der Waals surface area contributed by atoms with Gasteiger partial charge in [-0.2, -0.15) is 0 Å². The summed E-state index contributed by atoms with van der Waals surface area (Å²) in [7, 11) is 0. The fourth-order valence-electron chi connectivity index (χ4n) is 0.880.